The fourth-order valence-electron chi connectivity index (χ4n) is 3.97. The summed E-state index contributed by atoms with van der Waals surface area (Å²) in [5.74, 6) is 2.87. The number of hydrogen-bond donors (Lipinski definition) is 1. The van der Waals surface area contributed by atoms with Crippen LogP contribution in [0.5, 0.6) is 5.75 Å². The van der Waals surface area contributed by atoms with Gasteiger partial charge in [0.2, 0.25) is 5.91 Å². The smallest absolute Gasteiger partial charge is 0.222 e. The Hall–Kier alpha value is -1.51. The van der Waals surface area contributed by atoms with Crippen LogP contribution in [0.3, 0.4) is 0 Å². The molecule has 108 valence electrons. The zero-order chi connectivity index (χ0) is 14.1. The molecule has 3 heteroatoms. The van der Waals surface area contributed by atoms with E-state index in [0.29, 0.717) is 12.5 Å². The average molecular weight is 273 g/mol. The van der Waals surface area contributed by atoms with Crippen molar-refractivity contribution in [3.05, 3.63) is 29.8 Å². The minimum Gasteiger partial charge on any atom is -0.508 e. The van der Waals surface area contributed by atoms with Gasteiger partial charge in [0, 0.05) is 20.0 Å². The molecule has 2 saturated carbocycles. The number of benzene rings is 1. The molecular weight excluding hydrogens is 250 g/mol. The third-order valence-corrected chi connectivity index (χ3v) is 5.10. The summed E-state index contributed by atoms with van der Waals surface area (Å²) in [5.41, 5.74) is 1.06. The molecule has 0 radical (unpaired) electrons. The van der Waals surface area contributed by atoms with E-state index in [1.807, 2.05) is 24.1 Å². The fraction of sp³-hybridized carbons (Fsp3) is 0.588. The first-order chi connectivity index (χ1) is 9.61. The molecule has 3 atom stereocenters. The minimum absolute atomic E-state index is 0.260. The van der Waals surface area contributed by atoms with Gasteiger partial charge in [0.25, 0.3) is 0 Å². The van der Waals surface area contributed by atoms with Gasteiger partial charge in [-0.15, -0.1) is 0 Å². The second-order valence-electron chi connectivity index (χ2n) is 6.56. The maximum absolute atomic E-state index is 12.3. The van der Waals surface area contributed by atoms with Gasteiger partial charge in [0.15, 0.2) is 0 Å². The fourth-order valence-corrected chi connectivity index (χ4v) is 3.97. The molecule has 1 amide bonds. The second-order valence-corrected chi connectivity index (χ2v) is 6.56. The van der Waals surface area contributed by atoms with Gasteiger partial charge >= 0.3 is 0 Å². The highest BCUT2D eigenvalue weighted by molar-refractivity contribution is 5.76. The molecule has 0 spiro atoms. The Morgan fingerprint density at radius 1 is 1.25 bits per heavy atom. The Morgan fingerprint density at radius 3 is 2.60 bits per heavy atom. The number of carbonyl (C=O) groups is 1. The number of amides is 1. The third-order valence-electron chi connectivity index (χ3n) is 5.10. The van der Waals surface area contributed by atoms with Gasteiger partial charge in [-0.2, -0.15) is 0 Å². The van der Waals surface area contributed by atoms with Crippen LogP contribution in [0.1, 0.15) is 37.7 Å². The number of hydrogen-bond acceptors (Lipinski definition) is 2. The number of carbonyl (C=O) groups excluding carboxylic acids is 1. The van der Waals surface area contributed by atoms with E-state index in [1.54, 1.807) is 12.1 Å². The number of rotatable bonds is 4. The lowest BCUT2D eigenvalue weighted by Gasteiger charge is -2.24. The normalized spacial score (nSPS) is 27.8. The van der Waals surface area contributed by atoms with Crippen molar-refractivity contribution in [1.29, 1.82) is 0 Å². The first-order valence-corrected chi connectivity index (χ1v) is 7.63. The van der Waals surface area contributed by atoms with Crippen LogP contribution in [0.4, 0.5) is 0 Å². The zero-order valence-electron chi connectivity index (χ0n) is 12.1. The molecule has 2 aliphatic rings. The molecule has 3 nitrogen and oxygen atoms in total. The average Bonchev–Trinajstić information content (AvgIpc) is 3.03. The molecule has 0 saturated heterocycles. The predicted molar refractivity (Wildman–Crippen MR) is 78.1 cm³/mol. The van der Waals surface area contributed by atoms with E-state index >= 15 is 0 Å². The highest BCUT2D eigenvalue weighted by atomic mass is 16.3. The molecule has 3 rings (SSSR count). The minimum atomic E-state index is 0.260. The Balaban J connectivity index is 1.53. The molecule has 2 aliphatic carbocycles. The van der Waals surface area contributed by atoms with Crippen LogP contribution in [0.15, 0.2) is 24.3 Å². The standard InChI is InChI=1S/C17H23NO2/c1-18(11-12-3-6-16(19)7-4-12)17(20)10-15-9-13-2-5-14(15)8-13/h3-4,6-7,13-15,19H,2,5,8-11H2,1H3/t13-,14-,15+/m0/s1. The van der Waals surface area contributed by atoms with Crippen molar-refractivity contribution in [1.82, 2.24) is 4.90 Å². The van der Waals surface area contributed by atoms with Crippen molar-refractivity contribution >= 4 is 5.91 Å². The molecule has 20 heavy (non-hydrogen) atoms. The third kappa shape index (κ3) is 2.82. The molecule has 2 bridgehead atoms. The molecule has 0 unspecified atom stereocenters. The summed E-state index contributed by atoms with van der Waals surface area (Å²) in [6, 6.07) is 7.08. The van der Waals surface area contributed by atoms with E-state index in [2.05, 4.69) is 0 Å². The lowest BCUT2D eigenvalue weighted by Crippen LogP contribution is -2.29. The largest absolute Gasteiger partial charge is 0.508 e. The maximum Gasteiger partial charge on any atom is 0.222 e. The number of phenols is 1. The van der Waals surface area contributed by atoms with Crippen LogP contribution in [0, 0.1) is 17.8 Å². The maximum atomic E-state index is 12.3. The van der Waals surface area contributed by atoms with E-state index in [1.165, 1.54) is 25.7 Å². The summed E-state index contributed by atoms with van der Waals surface area (Å²) in [6.45, 7) is 0.625. The van der Waals surface area contributed by atoms with E-state index in [9.17, 15) is 9.90 Å². The van der Waals surface area contributed by atoms with Crippen LogP contribution in [0.2, 0.25) is 0 Å². The first kappa shape index (κ1) is 13.5. The Morgan fingerprint density at radius 2 is 2.00 bits per heavy atom. The van der Waals surface area contributed by atoms with Crippen molar-refractivity contribution in [2.75, 3.05) is 7.05 Å². The summed E-state index contributed by atoms with van der Waals surface area (Å²) in [4.78, 5) is 14.1. The Bertz CT molecular complexity index is 482. The summed E-state index contributed by atoms with van der Waals surface area (Å²) >= 11 is 0. The molecule has 0 heterocycles. The number of aromatic hydroxyl groups is 1. The molecule has 1 aromatic rings. The lowest BCUT2D eigenvalue weighted by atomic mass is 9.86. The predicted octanol–water partition coefficient (Wildman–Crippen LogP) is 3.18. The van der Waals surface area contributed by atoms with Gasteiger partial charge in [-0.3, -0.25) is 4.79 Å². The van der Waals surface area contributed by atoms with Crippen LogP contribution in [-0.4, -0.2) is 23.0 Å². The van der Waals surface area contributed by atoms with E-state index in [4.69, 9.17) is 0 Å². The van der Waals surface area contributed by atoms with Gasteiger partial charge in [0.05, 0.1) is 0 Å². The zero-order valence-corrected chi connectivity index (χ0v) is 12.1. The number of fused-ring (bicyclic) bond motifs is 2. The second kappa shape index (κ2) is 5.47. The van der Waals surface area contributed by atoms with Gasteiger partial charge in [-0.25, -0.2) is 0 Å². The molecule has 0 aliphatic heterocycles. The summed E-state index contributed by atoms with van der Waals surface area (Å²) in [6.07, 6.45) is 6.07. The van der Waals surface area contributed by atoms with Crippen molar-refractivity contribution in [2.24, 2.45) is 17.8 Å². The number of phenolic OH excluding ortho intramolecular Hbond substituents is 1. The van der Waals surface area contributed by atoms with Gasteiger partial charge in [0.1, 0.15) is 5.75 Å². The van der Waals surface area contributed by atoms with Crippen molar-refractivity contribution in [3.8, 4) is 5.75 Å². The lowest BCUT2D eigenvalue weighted by molar-refractivity contribution is -0.131. The molecule has 1 N–H and O–H groups in total. The Labute approximate surface area is 120 Å². The summed E-state index contributed by atoms with van der Waals surface area (Å²) in [7, 11) is 1.88. The molecule has 1 aromatic carbocycles. The van der Waals surface area contributed by atoms with Gasteiger partial charge in [-0.05, 0) is 54.7 Å². The van der Waals surface area contributed by atoms with Crippen LogP contribution in [-0.2, 0) is 11.3 Å². The highest BCUT2D eigenvalue weighted by Crippen LogP contribution is 2.49. The van der Waals surface area contributed by atoms with Gasteiger partial charge < -0.3 is 10.0 Å². The highest BCUT2D eigenvalue weighted by Gasteiger charge is 2.40. The quantitative estimate of drug-likeness (QED) is 0.915. The van der Waals surface area contributed by atoms with Gasteiger partial charge in [-0.1, -0.05) is 18.6 Å². The molecule has 2 fully saturated rings. The van der Waals surface area contributed by atoms with Crippen molar-refractivity contribution in [2.45, 2.75) is 38.6 Å². The van der Waals surface area contributed by atoms with E-state index in [-0.39, 0.29) is 11.7 Å². The van der Waals surface area contributed by atoms with E-state index < -0.39 is 0 Å². The van der Waals surface area contributed by atoms with E-state index in [0.717, 1.165) is 23.8 Å². The molecular formula is C17H23NO2. The first-order valence-electron chi connectivity index (χ1n) is 7.63. The Kier molecular flexibility index (Phi) is 3.68. The topological polar surface area (TPSA) is 40.5 Å². The monoisotopic (exact) mass is 273 g/mol. The summed E-state index contributed by atoms with van der Waals surface area (Å²) < 4.78 is 0. The van der Waals surface area contributed by atoms with Crippen LogP contribution in [0.25, 0.3) is 0 Å². The SMILES string of the molecule is CN(Cc1ccc(O)cc1)C(=O)C[C@H]1C[C@H]2CC[C@H]1C2. The number of nitrogens with zero attached hydrogens (tertiary/aromatic N) is 1. The van der Waals surface area contributed by atoms with Crippen molar-refractivity contribution < 1.29 is 9.90 Å². The van der Waals surface area contributed by atoms with Crippen LogP contribution >= 0.6 is 0 Å². The molecule has 0 aromatic heterocycles. The summed E-state index contributed by atoms with van der Waals surface area (Å²) in [5, 5.41) is 9.27. The van der Waals surface area contributed by atoms with Crippen molar-refractivity contribution in [3.63, 3.8) is 0 Å². The van der Waals surface area contributed by atoms with Crippen LogP contribution < -0.4 is 0 Å².